The van der Waals surface area contributed by atoms with Crippen LogP contribution in [0.1, 0.15) is 50.5 Å². The molecule has 32 heavy (non-hydrogen) atoms. The molecule has 172 valence electrons. The lowest BCUT2D eigenvalue weighted by molar-refractivity contribution is -0.139. The van der Waals surface area contributed by atoms with Crippen molar-refractivity contribution in [2.45, 2.75) is 64.0 Å². The van der Waals surface area contributed by atoms with E-state index < -0.39 is 6.09 Å². The number of amides is 2. The number of carbonyl (C=O) groups is 2. The van der Waals surface area contributed by atoms with Crippen LogP contribution in [0.25, 0.3) is 0 Å². The van der Waals surface area contributed by atoms with Crippen LogP contribution in [0, 0.1) is 24.7 Å². The van der Waals surface area contributed by atoms with Crippen LogP contribution < -0.4 is 9.80 Å². The molecule has 0 unspecified atom stereocenters. The van der Waals surface area contributed by atoms with Crippen molar-refractivity contribution >= 4 is 23.4 Å². The molecule has 2 N–H and O–H groups in total. The van der Waals surface area contributed by atoms with Crippen molar-refractivity contribution in [3.63, 3.8) is 0 Å². The van der Waals surface area contributed by atoms with Crippen LogP contribution in [0.5, 0.6) is 0 Å². The van der Waals surface area contributed by atoms with Gasteiger partial charge in [0, 0.05) is 31.4 Å². The van der Waals surface area contributed by atoms with E-state index in [4.69, 9.17) is 6.42 Å². The Labute approximate surface area is 190 Å². The Morgan fingerprint density at radius 3 is 2.66 bits per heavy atom. The first kappa shape index (κ1) is 22.5. The predicted octanol–water partition coefficient (Wildman–Crippen LogP) is 3.24. The van der Waals surface area contributed by atoms with Gasteiger partial charge in [0.2, 0.25) is 5.91 Å². The lowest BCUT2D eigenvalue weighted by Gasteiger charge is -2.41. The van der Waals surface area contributed by atoms with E-state index in [0.717, 1.165) is 69.3 Å². The smallest absolute Gasteiger partial charge is 0.412 e. The van der Waals surface area contributed by atoms with Crippen molar-refractivity contribution in [3.8, 4) is 12.3 Å². The van der Waals surface area contributed by atoms with Gasteiger partial charge in [0.1, 0.15) is 0 Å². The summed E-state index contributed by atoms with van der Waals surface area (Å²) < 4.78 is 0. The molecule has 7 heteroatoms. The molecule has 1 saturated carbocycles. The number of aliphatic hydroxyl groups excluding tert-OH is 1. The van der Waals surface area contributed by atoms with Gasteiger partial charge in [-0.15, -0.1) is 6.42 Å². The van der Waals surface area contributed by atoms with Gasteiger partial charge in [0.15, 0.2) is 0 Å². The van der Waals surface area contributed by atoms with Crippen LogP contribution in [0.3, 0.4) is 0 Å². The summed E-state index contributed by atoms with van der Waals surface area (Å²) in [6.07, 6.45) is 10.2. The molecule has 7 nitrogen and oxygen atoms in total. The van der Waals surface area contributed by atoms with E-state index in [-0.39, 0.29) is 30.0 Å². The summed E-state index contributed by atoms with van der Waals surface area (Å²) in [4.78, 5) is 30.7. The zero-order valence-electron chi connectivity index (χ0n) is 18.8. The van der Waals surface area contributed by atoms with Crippen LogP contribution in [-0.2, 0) is 4.79 Å². The fourth-order valence-corrected chi connectivity index (χ4v) is 5.78. The van der Waals surface area contributed by atoms with E-state index in [0.29, 0.717) is 12.2 Å². The molecular formula is C25H33N3O4. The summed E-state index contributed by atoms with van der Waals surface area (Å²) >= 11 is 0. The summed E-state index contributed by atoms with van der Waals surface area (Å²) in [6, 6.07) is 6.02. The zero-order chi connectivity index (χ0) is 22.9. The highest BCUT2D eigenvalue weighted by Crippen LogP contribution is 2.43. The molecule has 0 bridgehead atoms. The molecule has 4 rings (SSSR count). The molecule has 2 aliphatic heterocycles. The number of likely N-dealkylation sites (tertiary alicyclic amines) is 1. The molecule has 1 aliphatic carbocycles. The lowest BCUT2D eigenvalue weighted by atomic mass is 9.78. The summed E-state index contributed by atoms with van der Waals surface area (Å²) in [7, 11) is 0. The van der Waals surface area contributed by atoms with Gasteiger partial charge in [-0.25, -0.2) is 4.79 Å². The van der Waals surface area contributed by atoms with E-state index in [1.165, 1.54) is 4.90 Å². The molecule has 2 saturated heterocycles. The number of terminal acetylenes is 1. The molecule has 1 atom stereocenters. The third-order valence-corrected chi connectivity index (χ3v) is 7.55. The Morgan fingerprint density at radius 1 is 1.25 bits per heavy atom. The van der Waals surface area contributed by atoms with Gasteiger partial charge in [-0.2, -0.15) is 0 Å². The maximum Gasteiger partial charge on any atom is 0.412 e. The first-order chi connectivity index (χ1) is 15.3. The molecule has 0 radical (unpaired) electrons. The number of piperidine rings is 1. The predicted molar refractivity (Wildman–Crippen MR) is 124 cm³/mol. The molecule has 2 amide bonds. The third-order valence-electron chi connectivity index (χ3n) is 7.55. The number of aliphatic hydroxyl groups is 1. The second-order valence-corrected chi connectivity index (χ2v) is 9.56. The molecule has 2 heterocycles. The van der Waals surface area contributed by atoms with E-state index >= 15 is 0 Å². The molecular weight excluding hydrogens is 406 g/mol. The van der Waals surface area contributed by atoms with Crippen LogP contribution >= 0.6 is 0 Å². The molecule has 1 aromatic carbocycles. The second kappa shape index (κ2) is 9.03. The van der Waals surface area contributed by atoms with Gasteiger partial charge >= 0.3 is 6.09 Å². The minimum atomic E-state index is -1.07. The Kier molecular flexibility index (Phi) is 6.34. The quantitative estimate of drug-likeness (QED) is 0.704. The van der Waals surface area contributed by atoms with Gasteiger partial charge in [-0.3, -0.25) is 9.69 Å². The Bertz CT molecular complexity index is 918. The van der Waals surface area contributed by atoms with Gasteiger partial charge in [0.25, 0.3) is 0 Å². The molecule has 3 fully saturated rings. The number of benzene rings is 1. The molecule has 1 spiro atoms. The highest BCUT2D eigenvalue weighted by molar-refractivity contribution is 5.88. The zero-order valence-corrected chi connectivity index (χ0v) is 18.8. The number of hydrogen-bond donors (Lipinski definition) is 2. The van der Waals surface area contributed by atoms with Gasteiger partial charge in [-0.1, -0.05) is 5.92 Å². The maximum atomic E-state index is 13.5. The monoisotopic (exact) mass is 439 g/mol. The first-order valence-electron chi connectivity index (χ1n) is 11.6. The third kappa shape index (κ3) is 4.16. The number of rotatable bonds is 4. The summed E-state index contributed by atoms with van der Waals surface area (Å²) in [6.45, 7) is 4.29. The SMILES string of the molecule is C#CCN(C(=O)O)c1ccc(N2CCC[C@]3(CCN([C@H]4CC[C@H](O)CC4)C3=O)C2)cc1C. The Hall–Kier alpha value is -2.72. The molecule has 1 aromatic rings. The van der Waals surface area contributed by atoms with E-state index in [2.05, 4.69) is 15.7 Å². The van der Waals surface area contributed by atoms with Crippen molar-refractivity contribution < 1.29 is 19.8 Å². The van der Waals surface area contributed by atoms with Crippen LogP contribution in [0.15, 0.2) is 18.2 Å². The van der Waals surface area contributed by atoms with Crippen molar-refractivity contribution in [1.82, 2.24) is 4.90 Å². The van der Waals surface area contributed by atoms with Crippen molar-refractivity contribution in [3.05, 3.63) is 23.8 Å². The van der Waals surface area contributed by atoms with Crippen LogP contribution in [0.4, 0.5) is 16.2 Å². The summed E-state index contributed by atoms with van der Waals surface area (Å²) in [5.74, 6) is 2.68. The first-order valence-corrected chi connectivity index (χ1v) is 11.6. The number of aryl methyl sites for hydroxylation is 1. The van der Waals surface area contributed by atoms with Crippen LogP contribution in [-0.4, -0.2) is 65.4 Å². The van der Waals surface area contributed by atoms with E-state index in [1.807, 2.05) is 25.1 Å². The Balaban J connectivity index is 1.50. The largest absolute Gasteiger partial charge is 0.465 e. The highest BCUT2D eigenvalue weighted by atomic mass is 16.4. The number of carbonyl (C=O) groups excluding carboxylic acids is 1. The minimum Gasteiger partial charge on any atom is -0.465 e. The lowest BCUT2D eigenvalue weighted by Crippen LogP contribution is -2.50. The van der Waals surface area contributed by atoms with E-state index in [1.54, 1.807) is 0 Å². The Morgan fingerprint density at radius 2 is 2.00 bits per heavy atom. The van der Waals surface area contributed by atoms with Crippen molar-refractivity contribution in [1.29, 1.82) is 0 Å². The molecule has 0 aromatic heterocycles. The van der Waals surface area contributed by atoms with Crippen LogP contribution in [0.2, 0.25) is 0 Å². The maximum absolute atomic E-state index is 13.5. The standard InChI is InChI=1S/C25H33N3O4/c1-3-13-28(24(31)32)22-10-7-20(16-18(22)2)26-14-4-11-25(17-26)12-15-27(23(25)30)19-5-8-21(29)9-6-19/h1,7,10,16,19,21,29H,4-6,8-9,11-15,17H2,2H3,(H,31,32)/t19-,21-,25-/m0/s1. The molecule has 3 aliphatic rings. The topological polar surface area (TPSA) is 84.3 Å². The van der Waals surface area contributed by atoms with E-state index in [9.17, 15) is 19.8 Å². The fourth-order valence-electron chi connectivity index (χ4n) is 5.78. The average Bonchev–Trinajstić information content (AvgIpc) is 3.08. The van der Waals surface area contributed by atoms with Crippen molar-refractivity contribution in [2.24, 2.45) is 5.41 Å². The minimum absolute atomic E-state index is 0.00484. The van der Waals surface area contributed by atoms with Crippen molar-refractivity contribution in [2.75, 3.05) is 36.0 Å². The highest BCUT2D eigenvalue weighted by Gasteiger charge is 2.50. The number of carboxylic acid groups (broad SMARTS) is 1. The summed E-state index contributed by atoms with van der Waals surface area (Å²) in [5, 5.41) is 19.3. The average molecular weight is 440 g/mol. The summed E-state index contributed by atoms with van der Waals surface area (Å²) in [5.41, 5.74) is 2.12. The number of nitrogens with zero attached hydrogens (tertiary/aromatic N) is 3. The number of anilines is 2. The van der Waals surface area contributed by atoms with Gasteiger partial charge < -0.3 is 20.0 Å². The second-order valence-electron chi connectivity index (χ2n) is 9.56. The fraction of sp³-hybridized carbons (Fsp3) is 0.600. The van der Waals surface area contributed by atoms with Gasteiger partial charge in [0.05, 0.1) is 23.8 Å². The van der Waals surface area contributed by atoms with Gasteiger partial charge in [-0.05, 0) is 75.6 Å². The number of hydrogen-bond acceptors (Lipinski definition) is 4. The normalized spacial score (nSPS) is 28.1.